The van der Waals surface area contributed by atoms with E-state index in [0.29, 0.717) is 18.5 Å². The lowest BCUT2D eigenvalue weighted by atomic mass is 10.0. The highest BCUT2D eigenvalue weighted by Gasteiger charge is 2.33. The van der Waals surface area contributed by atoms with Crippen molar-refractivity contribution in [3.8, 4) is 0 Å². The van der Waals surface area contributed by atoms with Gasteiger partial charge in [-0.2, -0.15) is 11.8 Å². The van der Waals surface area contributed by atoms with Crippen molar-refractivity contribution in [2.75, 3.05) is 32.1 Å². The minimum absolute atomic E-state index is 0.0112. The zero-order valence-electron chi connectivity index (χ0n) is 11.1. The molecule has 0 aromatic rings. The van der Waals surface area contributed by atoms with Gasteiger partial charge in [0.25, 0.3) is 0 Å². The molecule has 18 heavy (non-hydrogen) atoms. The van der Waals surface area contributed by atoms with Crippen LogP contribution in [0.2, 0.25) is 0 Å². The second-order valence-electron chi connectivity index (χ2n) is 5.08. The van der Waals surface area contributed by atoms with Crippen LogP contribution in [0.3, 0.4) is 0 Å². The zero-order chi connectivity index (χ0) is 12.8. The highest BCUT2D eigenvalue weighted by molar-refractivity contribution is 8.00. The fraction of sp³-hybridized carbons (Fsp3) is 0.923. The SMILES string of the molecule is CCCNC1COCC1C(=O)NCC1CCCS1. The van der Waals surface area contributed by atoms with Gasteiger partial charge in [0.2, 0.25) is 5.91 Å². The van der Waals surface area contributed by atoms with E-state index in [2.05, 4.69) is 17.6 Å². The molecular formula is C13H24N2O2S. The Hall–Kier alpha value is -0.260. The molecule has 0 aromatic carbocycles. The van der Waals surface area contributed by atoms with Crippen LogP contribution in [0.4, 0.5) is 0 Å². The van der Waals surface area contributed by atoms with Crippen LogP contribution in [0, 0.1) is 5.92 Å². The molecule has 2 heterocycles. The van der Waals surface area contributed by atoms with Gasteiger partial charge in [-0.3, -0.25) is 4.79 Å². The molecule has 0 spiro atoms. The van der Waals surface area contributed by atoms with Crippen molar-refractivity contribution >= 4 is 17.7 Å². The van der Waals surface area contributed by atoms with Crippen molar-refractivity contribution in [1.82, 2.24) is 10.6 Å². The lowest BCUT2D eigenvalue weighted by Crippen LogP contribution is -2.45. The Morgan fingerprint density at radius 2 is 2.33 bits per heavy atom. The first-order valence-corrected chi connectivity index (χ1v) is 8.06. The van der Waals surface area contributed by atoms with Gasteiger partial charge < -0.3 is 15.4 Å². The number of amides is 1. The van der Waals surface area contributed by atoms with E-state index >= 15 is 0 Å². The zero-order valence-corrected chi connectivity index (χ0v) is 11.9. The Kier molecular flexibility index (Phi) is 5.79. The first-order valence-electron chi connectivity index (χ1n) is 7.01. The molecule has 104 valence electrons. The van der Waals surface area contributed by atoms with Crippen LogP contribution in [0.25, 0.3) is 0 Å². The molecule has 0 bridgehead atoms. The van der Waals surface area contributed by atoms with Crippen LogP contribution in [-0.2, 0) is 9.53 Å². The smallest absolute Gasteiger partial charge is 0.227 e. The number of ether oxygens (including phenoxy) is 1. The minimum Gasteiger partial charge on any atom is -0.379 e. The number of carbonyl (C=O) groups is 1. The fourth-order valence-corrected chi connectivity index (χ4v) is 3.70. The molecule has 2 aliphatic rings. The normalized spacial score (nSPS) is 31.7. The molecule has 0 aromatic heterocycles. The third kappa shape index (κ3) is 3.87. The summed E-state index contributed by atoms with van der Waals surface area (Å²) < 4.78 is 5.43. The number of thioether (sulfide) groups is 1. The standard InChI is InChI=1S/C13H24N2O2S/c1-2-5-14-12-9-17-8-11(12)13(16)15-7-10-4-3-6-18-10/h10-12,14H,2-9H2,1H3,(H,15,16). The fourth-order valence-electron chi connectivity index (χ4n) is 2.49. The molecule has 0 aliphatic carbocycles. The van der Waals surface area contributed by atoms with E-state index in [-0.39, 0.29) is 17.9 Å². The molecule has 0 saturated carbocycles. The molecular weight excluding hydrogens is 248 g/mol. The van der Waals surface area contributed by atoms with Gasteiger partial charge in [-0.05, 0) is 31.6 Å². The maximum absolute atomic E-state index is 12.1. The summed E-state index contributed by atoms with van der Waals surface area (Å²) in [6, 6.07) is 0.196. The summed E-state index contributed by atoms with van der Waals surface area (Å²) in [5.41, 5.74) is 0. The Balaban J connectivity index is 1.72. The number of hydrogen-bond donors (Lipinski definition) is 2. The van der Waals surface area contributed by atoms with Crippen LogP contribution >= 0.6 is 11.8 Å². The molecule has 5 heteroatoms. The summed E-state index contributed by atoms with van der Waals surface area (Å²) in [4.78, 5) is 12.1. The largest absolute Gasteiger partial charge is 0.379 e. The van der Waals surface area contributed by atoms with Crippen molar-refractivity contribution in [3.63, 3.8) is 0 Å². The monoisotopic (exact) mass is 272 g/mol. The molecule has 3 atom stereocenters. The highest BCUT2D eigenvalue weighted by atomic mass is 32.2. The molecule has 3 unspecified atom stereocenters. The number of nitrogens with one attached hydrogen (secondary N) is 2. The summed E-state index contributed by atoms with van der Waals surface area (Å²) in [5.74, 6) is 1.39. The van der Waals surface area contributed by atoms with Crippen LogP contribution in [-0.4, -0.2) is 49.3 Å². The lowest BCUT2D eigenvalue weighted by molar-refractivity contribution is -0.125. The molecule has 0 radical (unpaired) electrons. The number of rotatable bonds is 6. The molecule has 4 nitrogen and oxygen atoms in total. The highest BCUT2D eigenvalue weighted by Crippen LogP contribution is 2.25. The molecule has 2 rings (SSSR count). The van der Waals surface area contributed by atoms with E-state index in [4.69, 9.17) is 4.74 Å². The van der Waals surface area contributed by atoms with Gasteiger partial charge >= 0.3 is 0 Å². The van der Waals surface area contributed by atoms with Crippen molar-refractivity contribution < 1.29 is 9.53 Å². The predicted octanol–water partition coefficient (Wildman–Crippen LogP) is 1.01. The van der Waals surface area contributed by atoms with Gasteiger partial charge in [0.15, 0.2) is 0 Å². The van der Waals surface area contributed by atoms with Gasteiger partial charge in [-0.25, -0.2) is 0 Å². The summed E-state index contributed by atoms with van der Waals surface area (Å²) in [7, 11) is 0. The lowest BCUT2D eigenvalue weighted by Gasteiger charge is -2.19. The number of carbonyl (C=O) groups excluding carboxylic acids is 1. The molecule has 2 saturated heterocycles. The average Bonchev–Trinajstić information content (AvgIpc) is 3.04. The Morgan fingerprint density at radius 1 is 1.44 bits per heavy atom. The summed E-state index contributed by atoms with van der Waals surface area (Å²) in [6.07, 6.45) is 3.62. The van der Waals surface area contributed by atoms with E-state index < -0.39 is 0 Å². The van der Waals surface area contributed by atoms with Crippen LogP contribution < -0.4 is 10.6 Å². The van der Waals surface area contributed by atoms with E-state index in [0.717, 1.165) is 19.5 Å². The Morgan fingerprint density at radius 3 is 3.06 bits per heavy atom. The summed E-state index contributed by atoms with van der Waals surface area (Å²) >= 11 is 1.98. The Labute approximate surface area is 114 Å². The Bertz CT molecular complexity index is 270. The third-order valence-electron chi connectivity index (χ3n) is 3.60. The maximum Gasteiger partial charge on any atom is 0.227 e. The van der Waals surface area contributed by atoms with Crippen LogP contribution in [0.1, 0.15) is 26.2 Å². The minimum atomic E-state index is -0.0112. The van der Waals surface area contributed by atoms with E-state index in [1.165, 1.54) is 18.6 Å². The van der Waals surface area contributed by atoms with Gasteiger partial charge in [-0.1, -0.05) is 6.92 Å². The second-order valence-corrected chi connectivity index (χ2v) is 6.49. The van der Waals surface area contributed by atoms with Crippen molar-refractivity contribution in [3.05, 3.63) is 0 Å². The third-order valence-corrected chi connectivity index (χ3v) is 5.00. The van der Waals surface area contributed by atoms with Crippen LogP contribution in [0.5, 0.6) is 0 Å². The van der Waals surface area contributed by atoms with Crippen LogP contribution in [0.15, 0.2) is 0 Å². The summed E-state index contributed by atoms with van der Waals surface area (Å²) in [6.45, 7) is 5.13. The first kappa shape index (κ1) is 14.2. The number of hydrogen-bond acceptors (Lipinski definition) is 4. The second kappa shape index (κ2) is 7.36. The van der Waals surface area contributed by atoms with Crippen molar-refractivity contribution in [1.29, 1.82) is 0 Å². The summed E-state index contributed by atoms with van der Waals surface area (Å²) in [5, 5.41) is 7.12. The predicted molar refractivity (Wildman–Crippen MR) is 74.9 cm³/mol. The van der Waals surface area contributed by atoms with E-state index in [1.54, 1.807) is 0 Å². The molecule has 2 fully saturated rings. The first-order chi connectivity index (χ1) is 8.81. The molecule has 2 N–H and O–H groups in total. The molecule has 2 aliphatic heterocycles. The molecule has 1 amide bonds. The maximum atomic E-state index is 12.1. The van der Waals surface area contributed by atoms with Crippen molar-refractivity contribution in [2.45, 2.75) is 37.5 Å². The van der Waals surface area contributed by atoms with E-state index in [9.17, 15) is 4.79 Å². The van der Waals surface area contributed by atoms with E-state index in [1.807, 2.05) is 11.8 Å². The van der Waals surface area contributed by atoms with Gasteiger partial charge in [-0.15, -0.1) is 0 Å². The average molecular weight is 272 g/mol. The van der Waals surface area contributed by atoms with Crippen molar-refractivity contribution in [2.24, 2.45) is 5.92 Å². The quantitative estimate of drug-likeness (QED) is 0.758. The van der Waals surface area contributed by atoms with Gasteiger partial charge in [0.05, 0.1) is 19.1 Å². The van der Waals surface area contributed by atoms with Gasteiger partial charge in [0.1, 0.15) is 0 Å². The topological polar surface area (TPSA) is 50.4 Å². The van der Waals surface area contributed by atoms with Gasteiger partial charge in [0, 0.05) is 17.8 Å².